The molecule has 0 radical (unpaired) electrons. The number of methoxy groups -OCH3 is 1. The van der Waals surface area contributed by atoms with Crippen molar-refractivity contribution in [1.82, 2.24) is 4.72 Å². The molecule has 0 amide bonds. The number of benzene rings is 1. The third-order valence-electron chi connectivity index (χ3n) is 2.02. The van der Waals surface area contributed by atoms with Gasteiger partial charge in [0.1, 0.15) is 5.82 Å². The Kier molecular flexibility index (Phi) is 4.84. The summed E-state index contributed by atoms with van der Waals surface area (Å²) in [5.74, 6) is -1.50. The quantitative estimate of drug-likeness (QED) is 0.800. The van der Waals surface area contributed by atoms with Gasteiger partial charge in [0.15, 0.2) is 0 Å². The zero-order valence-corrected chi connectivity index (χ0v) is 11.5. The standard InChI is InChI=1S/C11H15FN2O4S/c1-7(2)13-19(16,17)14-10-5-4-8(12)6-9(10)11(15)18-3/h4-7,13-14H,1-3H3. The van der Waals surface area contributed by atoms with Crippen LogP contribution in [0.1, 0.15) is 24.2 Å². The lowest BCUT2D eigenvalue weighted by atomic mass is 10.2. The molecule has 0 aliphatic carbocycles. The molecule has 0 heterocycles. The van der Waals surface area contributed by atoms with Gasteiger partial charge < -0.3 is 4.74 Å². The van der Waals surface area contributed by atoms with Crippen LogP contribution in [-0.2, 0) is 14.9 Å². The molecule has 1 aromatic rings. The fraction of sp³-hybridized carbons (Fsp3) is 0.364. The number of rotatable bonds is 5. The Bertz CT molecular complexity index is 572. The molecule has 106 valence electrons. The van der Waals surface area contributed by atoms with E-state index in [0.29, 0.717) is 0 Å². The van der Waals surface area contributed by atoms with Crippen LogP contribution in [0.15, 0.2) is 18.2 Å². The predicted molar refractivity (Wildman–Crippen MR) is 68.6 cm³/mol. The van der Waals surface area contributed by atoms with Gasteiger partial charge in [-0.2, -0.15) is 13.1 Å². The van der Waals surface area contributed by atoms with E-state index >= 15 is 0 Å². The van der Waals surface area contributed by atoms with Gasteiger partial charge in [-0.05, 0) is 32.0 Å². The minimum Gasteiger partial charge on any atom is -0.465 e. The van der Waals surface area contributed by atoms with E-state index in [2.05, 4.69) is 14.2 Å². The first-order chi connectivity index (χ1) is 8.75. The van der Waals surface area contributed by atoms with E-state index in [9.17, 15) is 17.6 Å². The van der Waals surface area contributed by atoms with Crippen LogP contribution in [-0.4, -0.2) is 27.5 Å². The average molecular weight is 290 g/mol. The molecule has 0 unspecified atom stereocenters. The lowest BCUT2D eigenvalue weighted by Gasteiger charge is -2.13. The molecule has 0 aromatic heterocycles. The van der Waals surface area contributed by atoms with E-state index in [0.717, 1.165) is 25.3 Å². The number of hydrogen-bond acceptors (Lipinski definition) is 4. The van der Waals surface area contributed by atoms with E-state index in [-0.39, 0.29) is 17.3 Å². The Balaban J connectivity index is 3.11. The molecule has 0 saturated heterocycles. The van der Waals surface area contributed by atoms with E-state index in [1.54, 1.807) is 13.8 Å². The van der Waals surface area contributed by atoms with Crippen molar-refractivity contribution in [1.29, 1.82) is 0 Å². The van der Waals surface area contributed by atoms with E-state index in [1.165, 1.54) is 0 Å². The SMILES string of the molecule is COC(=O)c1cc(F)ccc1NS(=O)(=O)NC(C)C. The summed E-state index contributed by atoms with van der Waals surface area (Å²) in [7, 11) is -2.72. The normalized spacial score (nSPS) is 11.4. The minimum atomic E-state index is -3.84. The summed E-state index contributed by atoms with van der Waals surface area (Å²) >= 11 is 0. The minimum absolute atomic E-state index is 0.0543. The summed E-state index contributed by atoms with van der Waals surface area (Å²) in [6.45, 7) is 3.29. The van der Waals surface area contributed by atoms with Gasteiger partial charge in [0, 0.05) is 6.04 Å². The lowest BCUT2D eigenvalue weighted by Crippen LogP contribution is -2.35. The molecule has 0 bridgehead atoms. The van der Waals surface area contributed by atoms with E-state index < -0.39 is 22.0 Å². The number of carbonyl (C=O) groups is 1. The van der Waals surface area contributed by atoms with Crippen LogP contribution in [0.25, 0.3) is 0 Å². The number of esters is 1. The van der Waals surface area contributed by atoms with Crippen LogP contribution in [0.5, 0.6) is 0 Å². The van der Waals surface area contributed by atoms with Gasteiger partial charge in [-0.1, -0.05) is 0 Å². The second kappa shape index (κ2) is 5.98. The Morgan fingerprint density at radius 2 is 2.00 bits per heavy atom. The molecule has 2 N–H and O–H groups in total. The van der Waals surface area contributed by atoms with Gasteiger partial charge >= 0.3 is 5.97 Å². The molecule has 1 aromatic carbocycles. The number of ether oxygens (including phenoxy) is 1. The maximum absolute atomic E-state index is 13.1. The summed E-state index contributed by atoms with van der Waals surface area (Å²) in [4.78, 5) is 11.5. The van der Waals surface area contributed by atoms with Crippen molar-refractivity contribution in [3.05, 3.63) is 29.6 Å². The summed E-state index contributed by atoms with van der Waals surface area (Å²) in [5.41, 5.74) is -0.252. The second-order valence-corrected chi connectivity index (χ2v) is 5.51. The molecule has 6 nitrogen and oxygen atoms in total. The van der Waals surface area contributed by atoms with Crippen LogP contribution in [0.2, 0.25) is 0 Å². The highest BCUT2D eigenvalue weighted by Crippen LogP contribution is 2.19. The third kappa shape index (κ3) is 4.49. The summed E-state index contributed by atoms with van der Waals surface area (Å²) in [6, 6.07) is 2.78. The first-order valence-corrected chi connectivity index (χ1v) is 6.91. The Morgan fingerprint density at radius 3 is 2.53 bits per heavy atom. The highest BCUT2D eigenvalue weighted by atomic mass is 32.2. The summed E-state index contributed by atoms with van der Waals surface area (Å²) in [5, 5.41) is 0. The Labute approximate surface area is 111 Å². The molecule has 0 aliphatic rings. The fourth-order valence-electron chi connectivity index (χ4n) is 1.37. The second-order valence-electron chi connectivity index (χ2n) is 4.06. The van der Waals surface area contributed by atoms with Crippen molar-refractivity contribution >= 4 is 21.9 Å². The maximum atomic E-state index is 13.1. The van der Waals surface area contributed by atoms with Gasteiger partial charge in [0.05, 0.1) is 18.4 Å². The zero-order valence-electron chi connectivity index (χ0n) is 10.7. The van der Waals surface area contributed by atoms with Crippen LogP contribution in [0, 0.1) is 5.82 Å². The van der Waals surface area contributed by atoms with Crippen molar-refractivity contribution < 1.29 is 22.3 Å². The first-order valence-electron chi connectivity index (χ1n) is 5.43. The summed E-state index contributed by atoms with van der Waals surface area (Å²) < 4.78 is 45.4. The number of halogens is 1. The van der Waals surface area contributed by atoms with Crippen molar-refractivity contribution in [2.24, 2.45) is 0 Å². The van der Waals surface area contributed by atoms with Gasteiger partial charge in [0.25, 0.3) is 10.2 Å². The van der Waals surface area contributed by atoms with Crippen LogP contribution >= 0.6 is 0 Å². The molecule has 0 aliphatic heterocycles. The Morgan fingerprint density at radius 1 is 1.37 bits per heavy atom. The Hall–Kier alpha value is -1.67. The molecular formula is C11H15FN2O4S. The molecule has 8 heteroatoms. The van der Waals surface area contributed by atoms with Crippen LogP contribution < -0.4 is 9.44 Å². The van der Waals surface area contributed by atoms with Crippen LogP contribution in [0.4, 0.5) is 10.1 Å². The van der Waals surface area contributed by atoms with Crippen molar-refractivity contribution in [3.8, 4) is 0 Å². The number of hydrogen-bond donors (Lipinski definition) is 2. The number of nitrogens with one attached hydrogen (secondary N) is 2. The first kappa shape index (κ1) is 15.4. The van der Waals surface area contributed by atoms with Crippen molar-refractivity contribution in [3.63, 3.8) is 0 Å². The van der Waals surface area contributed by atoms with Crippen LogP contribution in [0.3, 0.4) is 0 Å². The van der Waals surface area contributed by atoms with E-state index in [4.69, 9.17) is 0 Å². The zero-order chi connectivity index (χ0) is 14.6. The molecule has 19 heavy (non-hydrogen) atoms. The molecule has 0 fully saturated rings. The topological polar surface area (TPSA) is 84.5 Å². The molecule has 0 spiro atoms. The largest absolute Gasteiger partial charge is 0.465 e. The van der Waals surface area contributed by atoms with Gasteiger partial charge in [0.2, 0.25) is 0 Å². The van der Waals surface area contributed by atoms with Gasteiger partial charge in [-0.15, -0.1) is 0 Å². The molecule has 0 saturated carbocycles. The van der Waals surface area contributed by atoms with Crippen molar-refractivity contribution in [2.75, 3.05) is 11.8 Å². The number of anilines is 1. The van der Waals surface area contributed by atoms with Gasteiger partial charge in [-0.3, -0.25) is 4.72 Å². The lowest BCUT2D eigenvalue weighted by molar-refractivity contribution is 0.0601. The maximum Gasteiger partial charge on any atom is 0.340 e. The highest BCUT2D eigenvalue weighted by Gasteiger charge is 2.18. The molecule has 1 rings (SSSR count). The third-order valence-corrected chi connectivity index (χ3v) is 3.29. The number of carbonyl (C=O) groups excluding carboxylic acids is 1. The molecule has 0 atom stereocenters. The highest BCUT2D eigenvalue weighted by molar-refractivity contribution is 7.90. The van der Waals surface area contributed by atoms with Crippen molar-refractivity contribution in [2.45, 2.75) is 19.9 Å². The van der Waals surface area contributed by atoms with Gasteiger partial charge in [-0.25, -0.2) is 9.18 Å². The monoisotopic (exact) mass is 290 g/mol. The fourth-order valence-corrected chi connectivity index (χ4v) is 2.52. The average Bonchev–Trinajstić information content (AvgIpc) is 2.28. The van der Waals surface area contributed by atoms with E-state index in [1.807, 2.05) is 0 Å². The smallest absolute Gasteiger partial charge is 0.340 e. The molecular weight excluding hydrogens is 275 g/mol. The predicted octanol–water partition coefficient (Wildman–Crippen LogP) is 1.27. The summed E-state index contributed by atoms with van der Waals surface area (Å²) in [6.07, 6.45) is 0.